The van der Waals surface area contributed by atoms with Crippen molar-refractivity contribution >= 4 is 49.8 Å². The third kappa shape index (κ3) is 13.0. The summed E-state index contributed by atoms with van der Waals surface area (Å²) in [7, 11) is 5.35. The molecule has 0 aliphatic rings. The molecule has 0 saturated carbocycles. The van der Waals surface area contributed by atoms with Gasteiger partial charge in [0, 0.05) is 47.8 Å². The van der Waals surface area contributed by atoms with Gasteiger partial charge in [-0.25, -0.2) is 15.0 Å². The quantitative estimate of drug-likeness (QED) is 0.0417. The molecule has 7 nitrogen and oxygen atoms in total. The molecule has 76 heavy (non-hydrogen) atoms. The van der Waals surface area contributed by atoms with Crippen LogP contribution in [-0.2, 0) is 0 Å². The molecule has 0 bridgehead atoms. The van der Waals surface area contributed by atoms with Gasteiger partial charge in [-0.3, -0.25) is 0 Å². The van der Waals surface area contributed by atoms with E-state index in [0.717, 1.165) is 78.2 Å². The molecule has 378 valence electrons. The number of hydrogen-bond donors (Lipinski definition) is 4. The Morgan fingerprint density at radius 2 is 0.816 bits per heavy atom. The molecular formula is C69H67N7. The van der Waals surface area contributed by atoms with Gasteiger partial charge in [0.05, 0.1) is 0 Å². The third-order valence-corrected chi connectivity index (χ3v) is 12.6. The number of aromatic nitrogens is 3. The fourth-order valence-electron chi connectivity index (χ4n) is 8.88. The summed E-state index contributed by atoms with van der Waals surface area (Å²) in [5.74, 6) is 1.77. The number of anilines is 3. The minimum absolute atomic E-state index is 0.585. The van der Waals surface area contributed by atoms with E-state index in [1.54, 1.807) is 12.2 Å². The number of benzene rings is 9. The summed E-state index contributed by atoms with van der Waals surface area (Å²) in [4.78, 5) is 15.4. The van der Waals surface area contributed by atoms with Gasteiger partial charge in [0.2, 0.25) is 0 Å². The topological polar surface area (TPSA) is 115 Å². The van der Waals surface area contributed by atoms with E-state index in [4.69, 9.17) is 20.7 Å². The number of nitrogens with one attached hydrogen (secondary N) is 2. The predicted molar refractivity (Wildman–Crippen MR) is 331 cm³/mol. The molecule has 0 amide bonds. The smallest absolute Gasteiger partial charge is 0.164 e. The van der Waals surface area contributed by atoms with Crippen molar-refractivity contribution in [1.82, 2.24) is 15.0 Å². The van der Waals surface area contributed by atoms with E-state index in [-0.39, 0.29) is 0 Å². The van der Waals surface area contributed by atoms with Crippen molar-refractivity contribution in [2.24, 2.45) is 5.73 Å². The maximum atomic E-state index is 6.49. The van der Waals surface area contributed by atoms with E-state index >= 15 is 0 Å². The molecule has 0 unspecified atom stereocenters. The molecule has 0 radical (unpaired) electrons. The highest BCUT2D eigenvalue weighted by atomic mass is 15.0. The van der Waals surface area contributed by atoms with Crippen LogP contribution in [0.4, 0.5) is 17.1 Å². The van der Waals surface area contributed by atoms with E-state index in [2.05, 4.69) is 231 Å². The van der Waals surface area contributed by atoms with Crippen molar-refractivity contribution in [2.75, 3.05) is 37.5 Å². The van der Waals surface area contributed by atoms with Crippen LogP contribution in [0.5, 0.6) is 0 Å². The largest absolute Gasteiger partial charge is 0.399 e. The van der Waals surface area contributed by atoms with Gasteiger partial charge in [-0.05, 0) is 154 Å². The second kappa shape index (κ2) is 26.5. The first kappa shape index (κ1) is 54.3. The lowest BCUT2D eigenvalue weighted by Gasteiger charge is -2.13. The van der Waals surface area contributed by atoms with Crippen LogP contribution < -0.4 is 22.1 Å². The van der Waals surface area contributed by atoms with Crippen molar-refractivity contribution in [3.8, 4) is 67.5 Å². The van der Waals surface area contributed by atoms with Crippen molar-refractivity contribution < 1.29 is 0 Å². The summed E-state index contributed by atoms with van der Waals surface area (Å²) < 4.78 is 0. The second-order valence-corrected chi connectivity index (χ2v) is 17.7. The zero-order chi connectivity index (χ0) is 54.0. The summed E-state index contributed by atoms with van der Waals surface area (Å²) in [6.07, 6.45) is 9.57. The first-order valence-electron chi connectivity index (χ1n) is 25.4. The number of allylic oxidation sites excluding steroid dienone is 7. The molecule has 9 aromatic carbocycles. The summed E-state index contributed by atoms with van der Waals surface area (Å²) in [5.41, 5.74) is 27.5. The number of rotatable bonds is 12. The molecule has 7 heteroatoms. The lowest BCUT2D eigenvalue weighted by atomic mass is 9.92. The number of nitrogens with zero attached hydrogens (tertiary/aromatic N) is 3. The number of hydrogen-bond acceptors (Lipinski definition) is 7. The summed E-state index contributed by atoms with van der Waals surface area (Å²) >= 11 is 0. The SMILES string of the molecule is C=C/C=C(\C=C(/C)c1ccc(-c2nc(-c3ccc(-c4cc(N)cc(-c5ccc(NC)cc5)c4)cc3)nc(-c3ccc(-c4c5ccccc5cc5ccccc45)cc3)n2)cc1)c1ccc(NC)cc1.C=CC.C=CC.CN. The van der Waals surface area contributed by atoms with E-state index in [1.165, 1.54) is 34.2 Å². The molecule has 0 aliphatic carbocycles. The van der Waals surface area contributed by atoms with Gasteiger partial charge >= 0.3 is 0 Å². The van der Waals surface area contributed by atoms with Gasteiger partial charge in [-0.1, -0.05) is 183 Å². The van der Waals surface area contributed by atoms with Crippen molar-refractivity contribution in [3.05, 3.63) is 255 Å². The normalized spacial score (nSPS) is 10.9. The molecule has 0 aliphatic heterocycles. The van der Waals surface area contributed by atoms with E-state index in [9.17, 15) is 0 Å². The molecule has 0 saturated heterocycles. The number of nitrogen functional groups attached to an aromatic ring is 1. The van der Waals surface area contributed by atoms with E-state index in [1.807, 2.05) is 52.2 Å². The highest BCUT2D eigenvalue weighted by Gasteiger charge is 2.16. The van der Waals surface area contributed by atoms with Crippen LogP contribution in [0.3, 0.4) is 0 Å². The standard InChI is InChI=1S/C62H50N6.2C3H6.CH5N/c1-5-10-49(42-27-31-55(64-3)32-28-42)35-40(2)41-15-21-46(22-16-41)60-66-61(47-23-17-43(18-24-47)52-37-53(39-54(63)38-52)44-29-33-56(65-4)34-30-44)68-62(67-60)48-25-19-45(20-26-48)59-57-13-8-6-11-50(57)36-51-12-7-9-14-58(51)59;2*1-3-2;1-2/h5-39,64-65H,1,63H2,2-4H3;2*3H,1H2,2H3;2H2,1H3/b40-35+,49-10+;;;. The van der Waals surface area contributed by atoms with Gasteiger partial charge in [-0.2, -0.15) is 0 Å². The van der Waals surface area contributed by atoms with Gasteiger partial charge in [0.25, 0.3) is 0 Å². The molecule has 1 heterocycles. The van der Waals surface area contributed by atoms with Crippen molar-refractivity contribution in [1.29, 1.82) is 0 Å². The average molecular weight is 994 g/mol. The van der Waals surface area contributed by atoms with Crippen LogP contribution in [0.2, 0.25) is 0 Å². The van der Waals surface area contributed by atoms with E-state index < -0.39 is 0 Å². The Balaban J connectivity index is 0.000000994. The van der Waals surface area contributed by atoms with Crippen LogP contribution in [-0.4, -0.2) is 36.1 Å². The monoisotopic (exact) mass is 994 g/mol. The molecule has 0 fully saturated rings. The minimum Gasteiger partial charge on any atom is -0.399 e. The fourth-order valence-corrected chi connectivity index (χ4v) is 8.88. The molecule has 6 N–H and O–H groups in total. The Kier molecular flexibility index (Phi) is 18.9. The molecule has 0 spiro atoms. The van der Waals surface area contributed by atoms with Gasteiger partial charge in [0.1, 0.15) is 0 Å². The molecule has 0 atom stereocenters. The Hall–Kier alpha value is -9.43. The van der Waals surface area contributed by atoms with Crippen molar-refractivity contribution in [2.45, 2.75) is 20.8 Å². The zero-order valence-electron chi connectivity index (χ0n) is 44.5. The summed E-state index contributed by atoms with van der Waals surface area (Å²) in [5, 5.41) is 11.2. The highest BCUT2D eigenvalue weighted by molar-refractivity contribution is 6.12. The lowest BCUT2D eigenvalue weighted by Crippen LogP contribution is -2.00. The Morgan fingerprint density at radius 1 is 0.447 bits per heavy atom. The second-order valence-electron chi connectivity index (χ2n) is 17.7. The average Bonchev–Trinajstić information content (AvgIpc) is 3.49. The predicted octanol–water partition coefficient (Wildman–Crippen LogP) is 17.5. The first-order valence-corrected chi connectivity index (χ1v) is 25.4. The minimum atomic E-state index is 0.585. The third-order valence-electron chi connectivity index (χ3n) is 12.6. The Bertz CT molecular complexity index is 3570. The van der Waals surface area contributed by atoms with Crippen LogP contribution >= 0.6 is 0 Å². The molecule has 10 aromatic rings. The van der Waals surface area contributed by atoms with Crippen LogP contribution in [0.25, 0.3) is 100 Å². The van der Waals surface area contributed by atoms with Gasteiger partial charge in [0.15, 0.2) is 17.5 Å². The summed E-state index contributed by atoms with van der Waals surface area (Å²) in [6, 6.07) is 67.9. The van der Waals surface area contributed by atoms with Gasteiger partial charge < -0.3 is 22.1 Å². The number of fused-ring (bicyclic) bond motifs is 2. The Labute approximate surface area is 449 Å². The first-order chi connectivity index (χ1) is 37.2. The Morgan fingerprint density at radius 3 is 1.25 bits per heavy atom. The number of nitrogens with two attached hydrogens (primary N) is 2. The maximum Gasteiger partial charge on any atom is 0.164 e. The summed E-state index contributed by atoms with van der Waals surface area (Å²) in [6.45, 7) is 16.6. The van der Waals surface area contributed by atoms with E-state index in [0.29, 0.717) is 23.2 Å². The molecular weight excluding hydrogens is 927 g/mol. The molecule has 10 rings (SSSR count). The van der Waals surface area contributed by atoms with Crippen LogP contribution in [0.1, 0.15) is 31.9 Å². The van der Waals surface area contributed by atoms with Crippen LogP contribution in [0.15, 0.2) is 244 Å². The maximum absolute atomic E-state index is 6.49. The fraction of sp³-hybridized carbons (Fsp3) is 0.0870. The molecule has 1 aromatic heterocycles. The highest BCUT2D eigenvalue weighted by Crippen LogP contribution is 2.38. The lowest BCUT2D eigenvalue weighted by molar-refractivity contribution is 1.07. The van der Waals surface area contributed by atoms with Crippen LogP contribution in [0, 0.1) is 0 Å². The van der Waals surface area contributed by atoms with Crippen molar-refractivity contribution in [3.63, 3.8) is 0 Å². The van der Waals surface area contributed by atoms with Gasteiger partial charge in [-0.15, -0.1) is 13.2 Å². The zero-order valence-corrected chi connectivity index (χ0v) is 44.5.